The summed E-state index contributed by atoms with van der Waals surface area (Å²) in [5, 5.41) is 28.1. The number of anilines is 1. The van der Waals surface area contributed by atoms with Gasteiger partial charge in [-0.3, -0.25) is 18.2 Å². The largest absolute Gasteiger partial charge is 0.506 e. The summed E-state index contributed by atoms with van der Waals surface area (Å²) in [6.07, 6.45) is 0. The van der Waals surface area contributed by atoms with Crippen LogP contribution in [0.2, 0.25) is 0 Å². The fraction of sp³-hybridized carbons (Fsp3) is 0.214. The smallest absolute Gasteiger partial charge is 0.397 e. The van der Waals surface area contributed by atoms with Crippen molar-refractivity contribution >= 4 is 89.8 Å². The van der Waals surface area contributed by atoms with Crippen molar-refractivity contribution in [2.45, 2.75) is 14.7 Å². The topological polar surface area (TPSA) is 370 Å². The number of aromatic hydroxyl groups is 1. The van der Waals surface area contributed by atoms with Crippen molar-refractivity contribution in [1.82, 2.24) is 0 Å². The molecule has 0 aliphatic carbocycles. The van der Waals surface area contributed by atoms with Crippen molar-refractivity contribution in [3.05, 3.63) is 48.5 Å². The quantitative estimate of drug-likeness (QED) is 0.0649. The van der Waals surface area contributed by atoms with Crippen LogP contribution in [-0.2, 0) is 54.8 Å². The third-order valence-electron chi connectivity index (χ3n) is 7.26. The molecule has 4 rings (SSSR count). The Hall–Kier alpha value is -5.11. The average Bonchev–Trinajstić information content (AvgIpc) is 3.09. The number of hydrogen-bond donors (Lipinski definition) is 6. The summed E-state index contributed by atoms with van der Waals surface area (Å²) in [7, 11) is -20.9. The van der Waals surface area contributed by atoms with E-state index in [2.05, 4.69) is 30.0 Å². The summed E-state index contributed by atoms with van der Waals surface area (Å²) in [6.45, 7) is -0.960. The summed E-state index contributed by atoms with van der Waals surface area (Å²) in [4.78, 5) is -2.34. The minimum atomic E-state index is -5.30. The Labute approximate surface area is 323 Å². The molecule has 4 aromatic rings. The molecule has 0 aliphatic rings. The molecule has 0 amide bonds. The van der Waals surface area contributed by atoms with Crippen molar-refractivity contribution in [1.29, 1.82) is 0 Å². The molecular formula is C28H29N5O19S5. The summed E-state index contributed by atoms with van der Waals surface area (Å²) < 4.78 is 177. The van der Waals surface area contributed by atoms with Gasteiger partial charge in [0.25, 0.3) is 30.4 Å². The Morgan fingerprint density at radius 2 is 1.25 bits per heavy atom. The highest BCUT2D eigenvalue weighted by Crippen LogP contribution is 2.48. The highest BCUT2D eigenvalue weighted by atomic mass is 32.3. The first kappa shape index (κ1) is 44.6. The van der Waals surface area contributed by atoms with Crippen molar-refractivity contribution in [2.24, 2.45) is 20.5 Å². The fourth-order valence-electron chi connectivity index (χ4n) is 4.80. The van der Waals surface area contributed by atoms with E-state index in [0.717, 1.165) is 44.6 Å². The minimum absolute atomic E-state index is 0.0733. The van der Waals surface area contributed by atoms with E-state index in [1.54, 1.807) is 0 Å². The monoisotopic (exact) mass is 899 g/mol. The van der Waals surface area contributed by atoms with Gasteiger partial charge >= 0.3 is 10.4 Å². The van der Waals surface area contributed by atoms with Gasteiger partial charge in [0.15, 0.2) is 15.6 Å². The van der Waals surface area contributed by atoms with E-state index in [9.17, 15) is 60.9 Å². The lowest BCUT2D eigenvalue weighted by Gasteiger charge is -2.16. The van der Waals surface area contributed by atoms with Crippen LogP contribution in [-0.4, -0.2) is 105 Å². The molecule has 0 aromatic heterocycles. The second-order valence-electron chi connectivity index (χ2n) is 11.0. The van der Waals surface area contributed by atoms with Crippen molar-refractivity contribution in [3.63, 3.8) is 0 Å². The van der Waals surface area contributed by atoms with Crippen LogP contribution >= 0.6 is 0 Å². The van der Waals surface area contributed by atoms with E-state index >= 15 is 0 Å². The van der Waals surface area contributed by atoms with Gasteiger partial charge in [0, 0.05) is 22.9 Å². The van der Waals surface area contributed by atoms with Crippen LogP contribution < -0.4 is 19.5 Å². The Balaban J connectivity index is 1.99. The van der Waals surface area contributed by atoms with Crippen LogP contribution in [0.5, 0.6) is 23.0 Å². The molecular weight excluding hydrogens is 871 g/mol. The Morgan fingerprint density at radius 1 is 0.632 bits per heavy atom. The van der Waals surface area contributed by atoms with Gasteiger partial charge in [-0.15, -0.1) is 20.5 Å². The second kappa shape index (κ2) is 16.8. The van der Waals surface area contributed by atoms with Gasteiger partial charge in [0.2, 0.25) is 0 Å². The molecule has 0 aliphatic heterocycles. The van der Waals surface area contributed by atoms with E-state index in [1.807, 2.05) is 0 Å². The summed E-state index contributed by atoms with van der Waals surface area (Å²) in [6, 6.07) is 7.74. The number of azo groups is 2. The zero-order valence-corrected chi connectivity index (χ0v) is 33.1. The predicted octanol–water partition coefficient (Wildman–Crippen LogP) is 3.75. The molecule has 0 radical (unpaired) electrons. The third kappa shape index (κ3) is 11.1. The average molecular weight is 900 g/mol. The Kier molecular flexibility index (Phi) is 13.1. The number of methoxy groups -OCH3 is 3. The number of phenolic OH excluding ortho intramolecular Hbond substituents is 1. The number of phenols is 1. The van der Waals surface area contributed by atoms with Gasteiger partial charge in [-0.2, -0.15) is 33.7 Å². The van der Waals surface area contributed by atoms with Crippen LogP contribution in [0.25, 0.3) is 10.8 Å². The third-order valence-corrected chi connectivity index (χ3v) is 11.7. The lowest BCUT2D eigenvalue weighted by Crippen LogP contribution is -2.15. The lowest BCUT2D eigenvalue weighted by atomic mass is 10.0. The van der Waals surface area contributed by atoms with Crippen LogP contribution in [0.1, 0.15) is 0 Å². The summed E-state index contributed by atoms with van der Waals surface area (Å²) in [5.74, 6) is -3.97. The maximum absolute atomic E-state index is 12.9. The molecule has 4 aromatic carbocycles. The highest BCUT2D eigenvalue weighted by molar-refractivity contribution is 7.91. The van der Waals surface area contributed by atoms with Gasteiger partial charge in [-0.05, 0) is 36.4 Å². The summed E-state index contributed by atoms with van der Waals surface area (Å²) >= 11 is 0. The van der Waals surface area contributed by atoms with Crippen molar-refractivity contribution in [3.8, 4) is 23.0 Å². The number of sulfone groups is 1. The molecule has 0 bridgehead atoms. The van der Waals surface area contributed by atoms with Crippen molar-refractivity contribution in [2.75, 3.05) is 44.9 Å². The second-order valence-corrected chi connectivity index (χ2v) is 18.4. The Bertz CT molecular complexity index is 2870. The van der Waals surface area contributed by atoms with E-state index < -0.39 is 118 Å². The standard InChI is InChI=1S/C28H29N5O19S5/c1-49-22-7-4-15(53(35,36)9-8-52-57(46,47)48)10-20(22)31-32-26-17-11-25(56(43,44)45)27(28(51-3)16(17)5-6-18(26)29-14-54(37,38)39)33-30-19-12-23(50-2)24(13-21(19)34)55(40,41)42/h4-7,10-13,29,34H,8-9,14H2,1-3H3,(H,37,38,39)(H,40,41,42)(H,43,44,45)(H,46,47,48)/b32-31+,33-30+. The molecule has 29 heteroatoms. The van der Waals surface area contributed by atoms with Crippen LogP contribution in [0.15, 0.2) is 83.7 Å². The van der Waals surface area contributed by atoms with E-state index in [4.69, 9.17) is 18.8 Å². The van der Waals surface area contributed by atoms with Gasteiger partial charge in [0.1, 0.15) is 55.7 Å². The lowest BCUT2D eigenvalue weighted by molar-refractivity contribution is 0.284. The molecule has 0 fully saturated rings. The highest BCUT2D eigenvalue weighted by Gasteiger charge is 2.27. The Morgan fingerprint density at radius 3 is 1.81 bits per heavy atom. The number of rotatable bonds is 17. The maximum Gasteiger partial charge on any atom is 0.397 e. The molecule has 0 atom stereocenters. The van der Waals surface area contributed by atoms with E-state index in [-0.39, 0.29) is 27.9 Å². The summed E-state index contributed by atoms with van der Waals surface area (Å²) in [5.41, 5.74) is -2.20. The molecule has 57 heavy (non-hydrogen) atoms. The first-order valence-electron chi connectivity index (χ1n) is 14.9. The minimum Gasteiger partial charge on any atom is -0.506 e. The number of benzene rings is 4. The SMILES string of the molecule is COc1ccc(S(=O)(=O)CCOS(=O)(=O)O)cc1/N=N/c1c(NCS(=O)(=O)O)ccc2c(OC)c(/N=N/c3cc(OC)c(S(=O)(=O)O)cc3O)c(S(=O)(=O)O)cc12. The van der Waals surface area contributed by atoms with Gasteiger partial charge in [-0.1, -0.05) is 0 Å². The van der Waals surface area contributed by atoms with Gasteiger partial charge < -0.3 is 24.6 Å². The molecule has 0 heterocycles. The molecule has 0 saturated heterocycles. The van der Waals surface area contributed by atoms with Crippen LogP contribution in [0, 0.1) is 0 Å². The molecule has 0 unspecified atom stereocenters. The van der Waals surface area contributed by atoms with E-state index in [1.165, 1.54) is 19.2 Å². The number of nitrogens with one attached hydrogen (secondary N) is 1. The van der Waals surface area contributed by atoms with Crippen LogP contribution in [0.3, 0.4) is 0 Å². The zero-order chi connectivity index (χ0) is 42.7. The maximum atomic E-state index is 12.9. The number of ether oxygens (including phenoxy) is 3. The van der Waals surface area contributed by atoms with Gasteiger partial charge in [-0.25, -0.2) is 12.6 Å². The molecule has 310 valence electrons. The molecule has 0 spiro atoms. The number of nitrogens with zero attached hydrogens (tertiary/aromatic N) is 4. The van der Waals surface area contributed by atoms with Crippen LogP contribution in [0.4, 0.5) is 28.4 Å². The molecule has 6 N–H and O–H groups in total. The first-order valence-corrected chi connectivity index (χ1v) is 22.4. The predicted molar refractivity (Wildman–Crippen MR) is 196 cm³/mol. The molecule has 0 saturated carbocycles. The number of fused-ring (bicyclic) bond motifs is 1. The van der Waals surface area contributed by atoms with Gasteiger partial charge in [0.05, 0.1) is 44.3 Å². The fourth-order valence-corrected chi connectivity index (χ4v) is 7.95. The first-order chi connectivity index (χ1) is 26.3. The normalized spacial score (nSPS) is 13.0. The van der Waals surface area contributed by atoms with Crippen molar-refractivity contribution < 1.29 is 83.8 Å². The number of hydrogen-bond acceptors (Lipinski definition) is 20. The molecule has 24 nitrogen and oxygen atoms in total. The zero-order valence-electron chi connectivity index (χ0n) is 29.0. The van der Waals surface area contributed by atoms with E-state index in [0.29, 0.717) is 6.07 Å².